The average Bonchev–Trinajstić information content (AvgIpc) is 2.88. The molecule has 2 nitrogen and oxygen atoms in total. The summed E-state index contributed by atoms with van der Waals surface area (Å²) >= 11 is 0. The van der Waals surface area contributed by atoms with Crippen LogP contribution < -0.4 is 0 Å². The molecule has 264 valence electrons. The fraction of sp³-hybridized carbons (Fsp3) is 0.556. The zero-order valence-corrected chi connectivity index (χ0v) is 23.8. The van der Waals surface area contributed by atoms with Gasteiger partial charge in [-0.15, -0.1) is 0 Å². The molecule has 2 aromatic rings. The Morgan fingerprint density at radius 3 is 1.28 bits per heavy atom. The Bertz CT molecular complexity index is 1280. The maximum Gasteiger partial charge on any atom is 0.430 e. The third-order valence-electron chi connectivity index (χ3n) is 7.50. The second kappa shape index (κ2) is 13.0. The summed E-state index contributed by atoms with van der Waals surface area (Å²) in [7, 11) is 0. The number of aliphatic hydroxyl groups is 2. The molecule has 0 bridgehead atoms. The van der Waals surface area contributed by atoms with E-state index in [4.69, 9.17) is 5.11 Å². The fourth-order valence-corrected chi connectivity index (χ4v) is 4.04. The normalized spacial score (nSPS) is 16.0. The fourth-order valence-electron chi connectivity index (χ4n) is 4.04. The summed E-state index contributed by atoms with van der Waals surface area (Å²) in [6, 6.07) is 3.32. The molecule has 0 fully saturated rings. The van der Waals surface area contributed by atoms with Crippen molar-refractivity contribution in [3.05, 3.63) is 70.3 Å². The molecule has 0 aliphatic rings. The third kappa shape index (κ3) is 7.33. The zero-order valence-electron chi connectivity index (χ0n) is 23.8. The van der Waals surface area contributed by atoms with Crippen molar-refractivity contribution in [2.24, 2.45) is 0 Å². The molecule has 2 unspecified atom stereocenters. The highest BCUT2D eigenvalue weighted by molar-refractivity contribution is 5.37. The van der Waals surface area contributed by atoms with Gasteiger partial charge in [-0.2, -0.15) is 65.9 Å². The van der Waals surface area contributed by atoms with Gasteiger partial charge in [-0.25, -0.2) is 8.78 Å². The van der Waals surface area contributed by atoms with E-state index in [1.54, 1.807) is 13.8 Å². The zero-order chi connectivity index (χ0) is 36.7. The molecule has 2 rings (SSSR count). The summed E-state index contributed by atoms with van der Waals surface area (Å²) in [4.78, 5) is 0. The summed E-state index contributed by atoms with van der Waals surface area (Å²) in [5.74, 6) is -5.43. The Balaban J connectivity index is 0.000000476. The van der Waals surface area contributed by atoms with Crippen molar-refractivity contribution in [3.8, 4) is 0 Å². The van der Waals surface area contributed by atoms with Crippen LogP contribution >= 0.6 is 0 Å². The van der Waals surface area contributed by atoms with E-state index in [9.17, 15) is 79.7 Å². The van der Waals surface area contributed by atoms with Gasteiger partial charge in [0.25, 0.3) is 11.2 Å². The van der Waals surface area contributed by atoms with E-state index in [2.05, 4.69) is 0 Å². The molecule has 0 heterocycles. The van der Waals surface area contributed by atoms with E-state index in [1.807, 2.05) is 0 Å². The van der Waals surface area contributed by atoms with Gasteiger partial charge >= 0.3 is 30.9 Å². The van der Waals surface area contributed by atoms with Crippen molar-refractivity contribution in [3.63, 3.8) is 0 Å². The molecule has 2 aromatic carbocycles. The second-order valence-electron chi connectivity index (χ2n) is 10.3. The lowest BCUT2D eigenvalue weighted by molar-refractivity contribution is -0.378. The Kier molecular flexibility index (Phi) is 11.6. The summed E-state index contributed by atoms with van der Waals surface area (Å²) in [6.45, 7) is 4.87. The SMILES string of the molecule is CCC(C)(c1cc(F)c(C(O)(C(F)(F)F)C(F)(F)F)c(F)c1)C(F)(F)F.CCC(C)c1cccc(C(O)(C(F)(F)F)C(F)(F)F)c1. The van der Waals surface area contributed by atoms with Gasteiger partial charge in [-0.05, 0) is 48.9 Å². The van der Waals surface area contributed by atoms with Crippen molar-refractivity contribution in [1.29, 1.82) is 0 Å². The Hall–Kier alpha value is -2.83. The van der Waals surface area contributed by atoms with E-state index in [0.717, 1.165) is 19.1 Å². The highest BCUT2D eigenvalue weighted by Crippen LogP contribution is 2.53. The van der Waals surface area contributed by atoms with Crippen LogP contribution in [0.1, 0.15) is 68.7 Å². The predicted molar refractivity (Wildman–Crippen MR) is 127 cm³/mol. The molecular formula is C27H25F17O2. The number of hydrogen-bond acceptors (Lipinski definition) is 2. The van der Waals surface area contributed by atoms with Crippen LogP contribution in [0, 0.1) is 11.6 Å². The molecule has 2 atom stereocenters. The van der Waals surface area contributed by atoms with Gasteiger partial charge in [-0.1, -0.05) is 45.0 Å². The standard InChI is InChI=1S/C14H11F11O.C13H14F6O/c1-3-10(2,12(17,18)19)6-4-7(15)9(8(16)5-6)11(26,13(20,21)22)14(23,24)25;1-3-8(2)9-5-4-6-10(7-9)11(20,12(14,15)16)13(17,18)19/h4-5,26H,3H2,1-2H3;4-8,20H,3H2,1-2H3. The Labute approximate surface area is 249 Å². The summed E-state index contributed by atoms with van der Waals surface area (Å²) in [5, 5.41) is 18.4. The van der Waals surface area contributed by atoms with Crippen LogP contribution in [-0.2, 0) is 16.6 Å². The van der Waals surface area contributed by atoms with E-state index in [1.165, 1.54) is 6.07 Å². The molecule has 0 aliphatic heterocycles. The minimum atomic E-state index is -6.59. The minimum Gasteiger partial charge on any atom is -0.369 e. The second-order valence-corrected chi connectivity index (χ2v) is 10.3. The van der Waals surface area contributed by atoms with Gasteiger partial charge in [0.2, 0.25) is 0 Å². The number of benzene rings is 2. The van der Waals surface area contributed by atoms with Gasteiger partial charge in [0.1, 0.15) is 11.6 Å². The molecule has 0 saturated heterocycles. The lowest BCUT2D eigenvalue weighted by Crippen LogP contribution is -2.55. The predicted octanol–water partition coefficient (Wildman–Crippen LogP) is 10.0. The highest BCUT2D eigenvalue weighted by Gasteiger charge is 2.74. The van der Waals surface area contributed by atoms with Crippen molar-refractivity contribution in [2.45, 2.75) is 94.0 Å². The van der Waals surface area contributed by atoms with Crippen molar-refractivity contribution >= 4 is 0 Å². The molecule has 0 amide bonds. The average molecular weight is 704 g/mol. The van der Waals surface area contributed by atoms with Crippen LogP contribution in [0.3, 0.4) is 0 Å². The largest absolute Gasteiger partial charge is 0.430 e. The van der Waals surface area contributed by atoms with Gasteiger partial charge in [0, 0.05) is 5.56 Å². The van der Waals surface area contributed by atoms with Gasteiger partial charge in [0.15, 0.2) is 0 Å². The van der Waals surface area contributed by atoms with E-state index in [-0.39, 0.29) is 18.1 Å². The summed E-state index contributed by atoms with van der Waals surface area (Å²) < 4.78 is 220. The third-order valence-corrected chi connectivity index (χ3v) is 7.50. The molecule has 0 radical (unpaired) electrons. The maximum absolute atomic E-state index is 14.0. The Morgan fingerprint density at radius 2 is 0.978 bits per heavy atom. The first kappa shape index (κ1) is 41.2. The first-order valence-corrected chi connectivity index (χ1v) is 12.7. The number of alkyl halides is 15. The van der Waals surface area contributed by atoms with Crippen LogP contribution in [0.5, 0.6) is 0 Å². The van der Waals surface area contributed by atoms with Crippen LogP contribution in [0.4, 0.5) is 74.6 Å². The maximum atomic E-state index is 14.0. The molecule has 2 N–H and O–H groups in total. The molecule has 0 saturated carbocycles. The monoisotopic (exact) mass is 704 g/mol. The van der Waals surface area contributed by atoms with Crippen LogP contribution in [0.2, 0.25) is 0 Å². The van der Waals surface area contributed by atoms with E-state index >= 15 is 0 Å². The smallest absolute Gasteiger partial charge is 0.369 e. The van der Waals surface area contributed by atoms with E-state index in [0.29, 0.717) is 25.0 Å². The molecule has 46 heavy (non-hydrogen) atoms. The molecule has 0 spiro atoms. The minimum absolute atomic E-state index is 0.208. The molecule has 19 heteroatoms. The number of hydrogen-bond donors (Lipinski definition) is 2. The lowest BCUT2D eigenvalue weighted by Gasteiger charge is -2.35. The first-order chi connectivity index (χ1) is 20.3. The van der Waals surface area contributed by atoms with Crippen LogP contribution in [0.15, 0.2) is 36.4 Å². The first-order valence-electron chi connectivity index (χ1n) is 12.7. The number of rotatable bonds is 6. The highest BCUT2D eigenvalue weighted by atomic mass is 19.4. The number of halogens is 17. The molecule has 0 aliphatic carbocycles. The van der Waals surface area contributed by atoms with Crippen molar-refractivity contribution in [2.75, 3.05) is 0 Å². The van der Waals surface area contributed by atoms with Crippen LogP contribution in [0.25, 0.3) is 0 Å². The topological polar surface area (TPSA) is 40.5 Å². The lowest BCUT2D eigenvalue weighted by atomic mass is 9.78. The quantitative estimate of drug-likeness (QED) is 0.294. The molecular weight excluding hydrogens is 679 g/mol. The van der Waals surface area contributed by atoms with Crippen molar-refractivity contribution < 1.29 is 84.9 Å². The van der Waals surface area contributed by atoms with Gasteiger partial charge in [-0.3, -0.25) is 0 Å². The Morgan fingerprint density at radius 1 is 0.587 bits per heavy atom. The van der Waals surface area contributed by atoms with Gasteiger partial charge < -0.3 is 10.2 Å². The van der Waals surface area contributed by atoms with Gasteiger partial charge in [0.05, 0.1) is 11.0 Å². The molecule has 0 aromatic heterocycles. The summed E-state index contributed by atoms with van der Waals surface area (Å²) in [6.07, 6.45) is -30.2. The van der Waals surface area contributed by atoms with E-state index < -0.39 is 82.2 Å². The van der Waals surface area contributed by atoms with Crippen LogP contribution in [-0.4, -0.2) is 41.1 Å². The van der Waals surface area contributed by atoms with Crippen molar-refractivity contribution in [1.82, 2.24) is 0 Å². The summed E-state index contributed by atoms with van der Waals surface area (Å²) in [5.41, 5.74) is -18.7.